The minimum absolute atomic E-state index is 0.0862. The Bertz CT molecular complexity index is 482. The molecule has 0 bridgehead atoms. The van der Waals surface area contributed by atoms with Gasteiger partial charge < -0.3 is 0 Å². The van der Waals surface area contributed by atoms with Crippen LogP contribution in [0.15, 0.2) is 30.3 Å². The molecule has 2 aromatic rings. The fourth-order valence-electron chi connectivity index (χ4n) is 1.84. The van der Waals surface area contributed by atoms with Crippen molar-refractivity contribution >= 4 is 16.8 Å². The maximum Gasteiger partial charge on any atom is 0.228 e. The van der Waals surface area contributed by atoms with Crippen molar-refractivity contribution in [1.29, 1.82) is 0 Å². The van der Waals surface area contributed by atoms with Crippen molar-refractivity contribution in [1.82, 2.24) is 4.57 Å². The van der Waals surface area contributed by atoms with Gasteiger partial charge in [0.2, 0.25) is 5.91 Å². The van der Waals surface area contributed by atoms with E-state index in [0.29, 0.717) is 0 Å². The zero-order chi connectivity index (χ0) is 10.1. The highest BCUT2D eigenvalue weighted by atomic mass is 16.1. The summed E-state index contributed by atoms with van der Waals surface area (Å²) in [6, 6.07) is 10.0. The first-order valence-electron chi connectivity index (χ1n) is 4.84. The molecule has 1 aromatic heterocycles. The lowest BCUT2D eigenvalue weighted by Gasteiger charge is -2.03. The number of aryl methyl sites for hydroxylation is 1. The molecule has 0 aliphatic heterocycles. The van der Waals surface area contributed by atoms with Gasteiger partial charge in [0, 0.05) is 18.0 Å². The molecule has 2 heteroatoms. The number of aromatic nitrogens is 1. The van der Waals surface area contributed by atoms with E-state index in [1.54, 1.807) is 11.5 Å². The number of nitrogens with zero attached hydrogens (tertiary/aromatic N) is 1. The fourth-order valence-corrected chi connectivity index (χ4v) is 1.84. The molecule has 0 aliphatic rings. The lowest BCUT2D eigenvalue weighted by Crippen LogP contribution is -2.08. The number of carbonyl (C=O) groups is 1. The largest absolute Gasteiger partial charge is 0.284 e. The zero-order valence-corrected chi connectivity index (χ0v) is 8.45. The fraction of sp³-hybridized carbons (Fsp3) is 0.250. The average molecular weight is 187 g/mol. The van der Waals surface area contributed by atoms with Crippen LogP contribution in [0.4, 0.5) is 0 Å². The molecule has 0 N–H and O–H groups in total. The second kappa shape index (κ2) is 3.29. The number of para-hydroxylation sites is 1. The van der Waals surface area contributed by atoms with Crippen LogP contribution < -0.4 is 0 Å². The van der Waals surface area contributed by atoms with Gasteiger partial charge in [-0.15, -0.1) is 0 Å². The van der Waals surface area contributed by atoms with Crippen LogP contribution in [0.5, 0.6) is 0 Å². The summed E-state index contributed by atoms with van der Waals surface area (Å²) in [5.74, 6) is 0.0862. The minimum atomic E-state index is 0.0862. The van der Waals surface area contributed by atoms with Crippen LogP contribution in [0.1, 0.15) is 24.3 Å². The molecule has 1 heterocycles. The molecule has 0 unspecified atom stereocenters. The molecular weight excluding hydrogens is 174 g/mol. The maximum atomic E-state index is 11.5. The summed E-state index contributed by atoms with van der Waals surface area (Å²) in [4.78, 5) is 11.5. The lowest BCUT2D eigenvalue weighted by molar-refractivity contribution is 0.0939. The van der Waals surface area contributed by atoms with E-state index < -0.39 is 0 Å². The van der Waals surface area contributed by atoms with Crippen molar-refractivity contribution in [3.63, 3.8) is 0 Å². The van der Waals surface area contributed by atoms with Gasteiger partial charge in [0.25, 0.3) is 0 Å². The first kappa shape index (κ1) is 9.00. The Morgan fingerprint density at radius 1 is 1.36 bits per heavy atom. The van der Waals surface area contributed by atoms with Crippen LogP contribution in [0.3, 0.4) is 0 Å². The molecule has 0 atom stereocenters. The van der Waals surface area contributed by atoms with Crippen LogP contribution in [0.25, 0.3) is 10.9 Å². The summed E-state index contributed by atoms with van der Waals surface area (Å²) in [7, 11) is 0. The Balaban J connectivity index is 2.81. The number of hydrogen-bond acceptors (Lipinski definition) is 1. The van der Waals surface area contributed by atoms with Crippen LogP contribution in [-0.2, 0) is 6.42 Å². The number of rotatable bonds is 1. The summed E-state index contributed by atoms with van der Waals surface area (Å²) in [6.07, 6.45) is 0.883. The van der Waals surface area contributed by atoms with Crippen molar-refractivity contribution in [2.24, 2.45) is 0 Å². The molecule has 0 amide bonds. The van der Waals surface area contributed by atoms with Crippen LogP contribution in [0.2, 0.25) is 0 Å². The molecule has 14 heavy (non-hydrogen) atoms. The van der Waals surface area contributed by atoms with Gasteiger partial charge >= 0.3 is 0 Å². The van der Waals surface area contributed by atoms with E-state index in [1.165, 1.54) is 0 Å². The average Bonchev–Trinajstić information content (AvgIpc) is 2.55. The molecule has 2 rings (SSSR count). The highest BCUT2D eigenvalue weighted by Gasteiger charge is 2.09. The summed E-state index contributed by atoms with van der Waals surface area (Å²) >= 11 is 0. The SMILES string of the molecule is CCc1cc2ccccc2n1C(C)=O. The normalized spacial score (nSPS) is 10.7. The van der Waals surface area contributed by atoms with Crippen molar-refractivity contribution in [2.75, 3.05) is 0 Å². The summed E-state index contributed by atoms with van der Waals surface area (Å²) in [5.41, 5.74) is 2.09. The first-order valence-corrected chi connectivity index (χ1v) is 4.84. The summed E-state index contributed by atoms with van der Waals surface area (Å²) in [6.45, 7) is 3.67. The van der Waals surface area contributed by atoms with Gasteiger partial charge in [0.15, 0.2) is 0 Å². The van der Waals surface area contributed by atoms with E-state index in [-0.39, 0.29) is 5.91 Å². The van der Waals surface area contributed by atoms with Gasteiger partial charge in [0.05, 0.1) is 5.52 Å². The number of benzene rings is 1. The van der Waals surface area contributed by atoms with Gasteiger partial charge in [0.1, 0.15) is 0 Å². The van der Waals surface area contributed by atoms with Crippen LogP contribution >= 0.6 is 0 Å². The molecular formula is C12H13NO. The van der Waals surface area contributed by atoms with Gasteiger partial charge in [-0.25, -0.2) is 0 Å². The van der Waals surface area contributed by atoms with Gasteiger partial charge in [-0.05, 0) is 18.6 Å². The van der Waals surface area contributed by atoms with E-state index in [4.69, 9.17) is 0 Å². The topological polar surface area (TPSA) is 22.0 Å². The van der Waals surface area contributed by atoms with Crippen LogP contribution in [-0.4, -0.2) is 10.5 Å². The van der Waals surface area contributed by atoms with Gasteiger partial charge in [-0.3, -0.25) is 9.36 Å². The molecule has 0 spiro atoms. The smallest absolute Gasteiger partial charge is 0.228 e. The second-order valence-electron chi connectivity index (χ2n) is 3.40. The van der Waals surface area contributed by atoms with E-state index >= 15 is 0 Å². The van der Waals surface area contributed by atoms with Gasteiger partial charge in [-0.1, -0.05) is 25.1 Å². The number of hydrogen-bond donors (Lipinski definition) is 0. The van der Waals surface area contributed by atoms with E-state index in [2.05, 4.69) is 13.0 Å². The molecule has 0 radical (unpaired) electrons. The third-order valence-electron chi connectivity index (χ3n) is 2.46. The number of carbonyl (C=O) groups excluding carboxylic acids is 1. The minimum Gasteiger partial charge on any atom is -0.284 e. The second-order valence-corrected chi connectivity index (χ2v) is 3.40. The quantitative estimate of drug-likeness (QED) is 0.672. The van der Waals surface area contributed by atoms with Crippen molar-refractivity contribution in [3.05, 3.63) is 36.0 Å². The molecule has 2 nitrogen and oxygen atoms in total. The third kappa shape index (κ3) is 1.23. The predicted octanol–water partition coefficient (Wildman–Crippen LogP) is 2.86. The summed E-state index contributed by atoms with van der Waals surface area (Å²) in [5, 5.41) is 1.14. The van der Waals surface area contributed by atoms with Crippen molar-refractivity contribution < 1.29 is 4.79 Å². The monoisotopic (exact) mass is 187 g/mol. The Hall–Kier alpha value is -1.57. The van der Waals surface area contributed by atoms with Gasteiger partial charge in [-0.2, -0.15) is 0 Å². The molecule has 1 aromatic carbocycles. The van der Waals surface area contributed by atoms with Crippen molar-refractivity contribution in [2.45, 2.75) is 20.3 Å². The van der Waals surface area contributed by atoms with E-state index in [0.717, 1.165) is 23.0 Å². The molecule has 0 saturated carbocycles. The maximum absolute atomic E-state index is 11.5. The molecule has 0 saturated heterocycles. The van der Waals surface area contributed by atoms with Crippen LogP contribution in [0, 0.1) is 0 Å². The third-order valence-corrected chi connectivity index (χ3v) is 2.46. The Morgan fingerprint density at radius 2 is 2.07 bits per heavy atom. The Morgan fingerprint density at radius 3 is 2.71 bits per heavy atom. The molecule has 72 valence electrons. The lowest BCUT2D eigenvalue weighted by atomic mass is 10.2. The van der Waals surface area contributed by atoms with E-state index in [1.807, 2.05) is 24.3 Å². The first-order chi connectivity index (χ1) is 6.74. The molecule has 0 fully saturated rings. The zero-order valence-electron chi connectivity index (χ0n) is 8.45. The Kier molecular flexibility index (Phi) is 2.12. The highest BCUT2D eigenvalue weighted by Crippen LogP contribution is 2.19. The molecule has 0 aliphatic carbocycles. The Labute approximate surface area is 83.2 Å². The predicted molar refractivity (Wildman–Crippen MR) is 57.6 cm³/mol. The highest BCUT2D eigenvalue weighted by molar-refractivity contribution is 5.92. The standard InChI is InChI=1S/C12H13NO/c1-3-11-8-10-6-4-5-7-12(10)13(11)9(2)14/h4-8H,3H2,1-2H3. The summed E-state index contributed by atoms with van der Waals surface area (Å²) < 4.78 is 1.79. The van der Waals surface area contributed by atoms with E-state index in [9.17, 15) is 4.79 Å². The van der Waals surface area contributed by atoms with Crippen molar-refractivity contribution in [3.8, 4) is 0 Å². The number of fused-ring (bicyclic) bond motifs is 1.